The van der Waals surface area contributed by atoms with Crippen molar-refractivity contribution in [2.75, 3.05) is 36.6 Å². The van der Waals surface area contributed by atoms with Crippen molar-refractivity contribution >= 4 is 40.8 Å². The maximum Gasteiger partial charge on any atom is 0.158 e. The van der Waals surface area contributed by atoms with Gasteiger partial charge in [0.25, 0.3) is 0 Å². The standard InChI is InChI=1S/C19H26ClN7OS/c1-28-11-8-13(21)19(9-11)3-6-27(7-4-19)14-10-25-18(17(23)26-14)29-12-2-5-24-16(22)15(12)20/h2,5,10-11,13H,3-4,6-9,21H2,1H3,(H2,22,24)(H2,23,26)/t11-,13+/m0/s1. The van der Waals surface area contributed by atoms with Gasteiger partial charge in [-0.15, -0.1) is 0 Å². The van der Waals surface area contributed by atoms with E-state index >= 15 is 0 Å². The van der Waals surface area contributed by atoms with Crippen LogP contribution in [0.1, 0.15) is 25.7 Å². The summed E-state index contributed by atoms with van der Waals surface area (Å²) in [5.74, 6) is 1.44. The fourth-order valence-corrected chi connectivity index (χ4v) is 5.41. The fourth-order valence-electron chi connectivity index (χ4n) is 4.39. The monoisotopic (exact) mass is 435 g/mol. The molecule has 156 valence electrons. The maximum absolute atomic E-state index is 6.46. The number of rotatable bonds is 4. The zero-order valence-electron chi connectivity index (χ0n) is 16.3. The maximum atomic E-state index is 6.46. The highest BCUT2D eigenvalue weighted by molar-refractivity contribution is 7.99. The number of ether oxygens (including phenoxy) is 1. The van der Waals surface area contributed by atoms with E-state index in [1.54, 1.807) is 25.6 Å². The molecular weight excluding hydrogens is 410 g/mol. The van der Waals surface area contributed by atoms with E-state index in [9.17, 15) is 0 Å². The second-order valence-electron chi connectivity index (χ2n) is 7.78. The first kappa shape index (κ1) is 20.5. The van der Waals surface area contributed by atoms with Crippen molar-refractivity contribution in [3.05, 3.63) is 23.5 Å². The quantitative estimate of drug-likeness (QED) is 0.663. The van der Waals surface area contributed by atoms with E-state index in [-0.39, 0.29) is 23.4 Å². The van der Waals surface area contributed by atoms with Gasteiger partial charge in [-0.2, -0.15) is 0 Å². The average molecular weight is 436 g/mol. The van der Waals surface area contributed by atoms with Crippen LogP contribution >= 0.6 is 23.4 Å². The van der Waals surface area contributed by atoms with Crippen molar-refractivity contribution in [2.24, 2.45) is 11.1 Å². The second kappa shape index (κ2) is 8.14. The zero-order valence-corrected chi connectivity index (χ0v) is 17.9. The van der Waals surface area contributed by atoms with Crippen LogP contribution in [-0.2, 0) is 4.74 Å². The first-order valence-electron chi connectivity index (χ1n) is 9.65. The van der Waals surface area contributed by atoms with Crippen molar-refractivity contribution in [1.82, 2.24) is 15.0 Å². The summed E-state index contributed by atoms with van der Waals surface area (Å²) in [5.41, 5.74) is 18.6. The molecule has 0 unspecified atom stereocenters. The average Bonchev–Trinajstić information content (AvgIpc) is 3.02. The molecule has 3 heterocycles. The van der Waals surface area contributed by atoms with Gasteiger partial charge in [0.2, 0.25) is 0 Å². The number of halogens is 1. The van der Waals surface area contributed by atoms with Gasteiger partial charge in [0, 0.05) is 37.3 Å². The predicted molar refractivity (Wildman–Crippen MR) is 116 cm³/mol. The van der Waals surface area contributed by atoms with E-state index in [2.05, 4.69) is 19.9 Å². The summed E-state index contributed by atoms with van der Waals surface area (Å²) in [6, 6.07) is 1.97. The molecule has 1 aliphatic heterocycles. The lowest BCUT2D eigenvalue weighted by Gasteiger charge is -2.42. The normalized spacial score (nSPS) is 23.6. The molecule has 0 radical (unpaired) electrons. The van der Waals surface area contributed by atoms with E-state index in [0.717, 1.165) is 49.5 Å². The molecule has 2 aliphatic rings. The highest BCUT2D eigenvalue weighted by Gasteiger charge is 2.47. The predicted octanol–water partition coefficient (Wildman–Crippen LogP) is 2.56. The first-order valence-corrected chi connectivity index (χ1v) is 10.8. The molecule has 1 saturated carbocycles. The molecule has 0 bridgehead atoms. The van der Waals surface area contributed by atoms with Crippen molar-refractivity contribution < 1.29 is 4.74 Å². The van der Waals surface area contributed by atoms with E-state index in [4.69, 9.17) is 33.5 Å². The Labute approximate surface area is 179 Å². The smallest absolute Gasteiger partial charge is 0.158 e. The van der Waals surface area contributed by atoms with Crippen LogP contribution in [0.3, 0.4) is 0 Å². The van der Waals surface area contributed by atoms with E-state index < -0.39 is 0 Å². The van der Waals surface area contributed by atoms with E-state index in [1.165, 1.54) is 11.8 Å². The van der Waals surface area contributed by atoms with Crippen LogP contribution < -0.4 is 22.1 Å². The molecule has 1 saturated heterocycles. The minimum atomic E-state index is 0.171. The van der Waals surface area contributed by atoms with Crippen LogP contribution in [0.5, 0.6) is 0 Å². The fraction of sp³-hybridized carbons (Fsp3) is 0.526. The Morgan fingerprint density at radius 2 is 2.00 bits per heavy atom. The molecule has 2 fully saturated rings. The van der Waals surface area contributed by atoms with Crippen LogP contribution in [0.4, 0.5) is 17.5 Å². The van der Waals surface area contributed by atoms with Crippen LogP contribution in [0.2, 0.25) is 5.02 Å². The molecule has 0 amide bonds. The number of nitrogens with zero attached hydrogens (tertiary/aromatic N) is 4. The molecule has 2 atom stereocenters. The van der Waals surface area contributed by atoms with Gasteiger partial charge >= 0.3 is 0 Å². The minimum Gasteiger partial charge on any atom is -0.382 e. The number of hydrogen-bond acceptors (Lipinski definition) is 9. The molecule has 8 nitrogen and oxygen atoms in total. The van der Waals surface area contributed by atoms with Crippen LogP contribution in [0, 0.1) is 5.41 Å². The van der Waals surface area contributed by atoms with Gasteiger partial charge in [0.05, 0.1) is 17.3 Å². The van der Waals surface area contributed by atoms with Crippen molar-refractivity contribution in [3.63, 3.8) is 0 Å². The molecular formula is C19H26ClN7OS. The lowest BCUT2D eigenvalue weighted by Crippen LogP contribution is -2.47. The van der Waals surface area contributed by atoms with Crippen molar-refractivity contribution in [2.45, 2.75) is 47.8 Å². The van der Waals surface area contributed by atoms with Gasteiger partial charge in [-0.05, 0) is 37.2 Å². The highest BCUT2D eigenvalue weighted by atomic mass is 35.5. The SMILES string of the molecule is CO[C@H]1C[C@@H](N)C2(CCN(c3cnc(Sc4ccnc(N)c4Cl)c(N)n3)CC2)C1. The topological polar surface area (TPSA) is 129 Å². The van der Waals surface area contributed by atoms with Gasteiger partial charge < -0.3 is 26.8 Å². The number of methoxy groups -OCH3 is 1. The van der Waals surface area contributed by atoms with Crippen LogP contribution in [0.15, 0.2) is 28.4 Å². The van der Waals surface area contributed by atoms with E-state index in [1.807, 2.05) is 0 Å². The summed E-state index contributed by atoms with van der Waals surface area (Å²) < 4.78 is 5.56. The van der Waals surface area contributed by atoms with Gasteiger partial charge in [0.1, 0.15) is 16.7 Å². The highest BCUT2D eigenvalue weighted by Crippen LogP contribution is 2.47. The summed E-state index contributed by atoms with van der Waals surface area (Å²) in [5, 5.41) is 0.988. The lowest BCUT2D eigenvalue weighted by molar-refractivity contribution is 0.0891. The summed E-state index contributed by atoms with van der Waals surface area (Å²) in [4.78, 5) is 16.0. The Kier molecular flexibility index (Phi) is 5.74. The number of nitrogens with two attached hydrogens (primary N) is 3. The molecule has 1 spiro atoms. The van der Waals surface area contributed by atoms with Gasteiger partial charge in [-0.3, -0.25) is 0 Å². The zero-order chi connectivity index (χ0) is 20.6. The molecule has 1 aliphatic carbocycles. The Bertz CT molecular complexity index is 891. The summed E-state index contributed by atoms with van der Waals surface area (Å²) >= 11 is 7.54. The summed E-state index contributed by atoms with van der Waals surface area (Å²) in [7, 11) is 1.77. The third-order valence-electron chi connectivity index (χ3n) is 6.19. The number of pyridine rings is 1. The van der Waals surface area contributed by atoms with Gasteiger partial charge in [-0.1, -0.05) is 23.4 Å². The minimum absolute atomic E-state index is 0.171. The number of hydrogen-bond donors (Lipinski definition) is 3. The summed E-state index contributed by atoms with van der Waals surface area (Å²) in [6.07, 6.45) is 7.68. The number of anilines is 3. The first-order chi connectivity index (χ1) is 13.9. The molecule has 2 aromatic heterocycles. The molecule has 2 aromatic rings. The third-order valence-corrected chi connectivity index (χ3v) is 7.77. The number of aromatic nitrogens is 3. The van der Waals surface area contributed by atoms with Gasteiger partial charge in [-0.25, -0.2) is 15.0 Å². The lowest BCUT2D eigenvalue weighted by atomic mass is 9.74. The largest absolute Gasteiger partial charge is 0.382 e. The molecule has 4 rings (SSSR count). The molecule has 10 heteroatoms. The Balaban J connectivity index is 1.44. The molecule has 29 heavy (non-hydrogen) atoms. The Morgan fingerprint density at radius 3 is 2.66 bits per heavy atom. The Morgan fingerprint density at radius 1 is 1.24 bits per heavy atom. The second-order valence-corrected chi connectivity index (χ2v) is 9.19. The van der Waals surface area contributed by atoms with Crippen molar-refractivity contribution in [1.29, 1.82) is 0 Å². The van der Waals surface area contributed by atoms with Crippen molar-refractivity contribution in [3.8, 4) is 0 Å². The molecule has 6 N–H and O–H groups in total. The number of nitrogen functional groups attached to an aromatic ring is 2. The Hall–Kier alpha value is -1.81. The molecule has 0 aromatic carbocycles. The summed E-state index contributed by atoms with van der Waals surface area (Å²) in [6.45, 7) is 1.77. The van der Waals surface area contributed by atoms with E-state index in [0.29, 0.717) is 15.9 Å². The van der Waals surface area contributed by atoms with Crippen LogP contribution in [-0.4, -0.2) is 47.3 Å². The van der Waals surface area contributed by atoms with Crippen LogP contribution in [0.25, 0.3) is 0 Å². The number of piperidine rings is 1. The van der Waals surface area contributed by atoms with Gasteiger partial charge in [0.15, 0.2) is 5.82 Å². The third kappa shape index (κ3) is 3.96.